The maximum atomic E-state index is 13.0. The van der Waals surface area contributed by atoms with Crippen molar-refractivity contribution < 1.29 is 27.5 Å². The first kappa shape index (κ1) is 25.2. The highest BCUT2D eigenvalue weighted by Crippen LogP contribution is 2.39. The van der Waals surface area contributed by atoms with Gasteiger partial charge in [0.15, 0.2) is 11.6 Å². The summed E-state index contributed by atoms with van der Waals surface area (Å²) in [6.07, 6.45) is -1.46. The molecular weight excluding hydrogens is 491 g/mol. The predicted molar refractivity (Wildman–Crippen MR) is 130 cm³/mol. The number of halogens is 3. The van der Waals surface area contributed by atoms with Crippen molar-refractivity contribution in [2.45, 2.75) is 6.43 Å². The van der Waals surface area contributed by atoms with Crippen LogP contribution in [-0.2, 0) is 4.79 Å². The van der Waals surface area contributed by atoms with Crippen LogP contribution in [0.1, 0.15) is 10.4 Å². The van der Waals surface area contributed by atoms with Crippen LogP contribution in [0.4, 0.5) is 24.7 Å². The molecule has 0 saturated heterocycles. The number of hydrogen-bond donors (Lipinski definition) is 3. The monoisotopic (exact) mass is 511 g/mol. The van der Waals surface area contributed by atoms with Gasteiger partial charge in [-0.2, -0.15) is 0 Å². The van der Waals surface area contributed by atoms with Crippen LogP contribution in [0.3, 0.4) is 0 Å². The summed E-state index contributed by atoms with van der Waals surface area (Å²) in [5.74, 6) is -2.54. The minimum atomic E-state index is -2.70. The number of amides is 2. The molecule has 0 aliphatic carbocycles. The van der Waals surface area contributed by atoms with Gasteiger partial charge in [0.05, 0.1) is 19.2 Å². The van der Waals surface area contributed by atoms with Crippen LogP contribution in [0.2, 0.25) is 0 Å². The molecule has 0 unspecified atom stereocenters. The molecule has 190 valence electrons. The SMILES string of the molecule is C=C(F)C(=O)Nc1ccc(-c2nn3ncnc(N)c3c2-c2ccc(C(=O)NCC(F)F)c(OC)c2)cc1. The second kappa shape index (κ2) is 10.4. The lowest BCUT2D eigenvalue weighted by Gasteiger charge is -2.12. The largest absolute Gasteiger partial charge is 0.496 e. The normalized spacial score (nSPS) is 10.9. The van der Waals surface area contributed by atoms with Gasteiger partial charge in [-0.15, -0.1) is 14.8 Å². The Bertz CT molecular complexity index is 1500. The van der Waals surface area contributed by atoms with Crippen molar-refractivity contribution in [3.63, 3.8) is 0 Å². The Kier molecular flexibility index (Phi) is 7.04. The molecule has 0 fully saturated rings. The van der Waals surface area contributed by atoms with Gasteiger partial charge in [0.1, 0.15) is 23.3 Å². The second-order valence-corrected chi connectivity index (χ2v) is 7.66. The molecule has 0 spiro atoms. The van der Waals surface area contributed by atoms with Crippen LogP contribution in [0.15, 0.2) is 61.2 Å². The minimum Gasteiger partial charge on any atom is -0.496 e. The standard InChI is InChI=1S/C24H20F3N7O3/c1-12(25)23(35)32-15-6-3-13(4-7-15)20-19(21-22(28)30-11-31-34(21)33-20)14-5-8-16(17(9-14)37-2)24(36)29-10-18(26)27/h3-9,11,18H,1,10H2,2H3,(H,29,36)(H,32,35)(H2,28,30,31). The summed E-state index contributed by atoms with van der Waals surface area (Å²) in [6, 6.07) is 11.0. The number of methoxy groups -OCH3 is 1. The van der Waals surface area contributed by atoms with E-state index in [-0.39, 0.29) is 17.1 Å². The number of carbonyl (C=O) groups is 2. The Balaban J connectivity index is 1.81. The Morgan fingerprint density at radius 1 is 1.16 bits per heavy atom. The molecule has 13 heteroatoms. The summed E-state index contributed by atoms with van der Waals surface area (Å²) in [5, 5.41) is 13.2. The van der Waals surface area contributed by atoms with Gasteiger partial charge < -0.3 is 21.1 Å². The van der Waals surface area contributed by atoms with Crippen LogP contribution in [0, 0.1) is 0 Å². The first-order valence-corrected chi connectivity index (χ1v) is 10.7. The molecule has 0 radical (unpaired) electrons. The number of benzene rings is 2. The van der Waals surface area contributed by atoms with Gasteiger partial charge in [-0.3, -0.25) is 9.59 Å². The number of rotatable bonds is 8. The molecule has 37 heavy (non-hydrogen) atoms. The molecule has 2 amide bonds. The molecule has 0 aliphatic rings. The molecule has 4 N–H and O–H groups in total. The molecule has 4 rings (SSSR count). The highest BCUT2D eigenvalue weighted by atomic mass is 19.3. The average Bonchev–Trinajstić information content (AvgIpc) is 3.28. The molecule has 2 heterocycles. The number of hydrogen-bond acceptors (Lipinski definition) is 7. The molecule has 4 aromatic rings. The van der Waals surface area contributed by atoms with E-state index in [4.69, 9.17) is 10.5 Å². The van der Waals surface area contributed by atoms with E-state index >= 15 is 0 Å². The molecule has 0 saturated carbocycles. The molecular formula is C24H20F3N7O3. The summed E-state index contributed by atoms with van der Waals surface area (Å²) in [5.41, 5.74) is 8.96. The summed E-state index contributed by atoms with van der Waals surface area (Å²) < 4.78 is 44.8. The molecule has 10 nitrogen and oxygen atoms in total. The van der Waals surface area contributed by atoms with Crippen molar-refractivity contribution in [3.8, 4) is 28.1 Å². The van der Waals surface area contributed by atoms with Crippen LogP contribution in [0.5, 0.6) is 5.75 Å². The predicted octanol–water partition coefficient (Wildman–Crippen LogP) is 3.47. The smallest absolute Gasteiger partial charge is 0.283 e. The zero-order chi connectivity index (χ0) is 26.7. The Morgan fingerprint density at radius 3 is 2.51 bits per heavy atom. The summed E-state index contributed by atoms with van der Waals surface area (Å²) in [4.78, 5) is 28.0. The van der Waals surface area contributed by atoms with Crippen LogP contribution < -0.4 is 21.1 Å². The number of fused-ring (bicyclic) bond motifs is 1. The van der Waals surface area contributed by atoms with Crippen molar-refractivity contribution in [1.82, 2.24) is 25.1 Å². The third-order valence-corrected chi connectivity index (χ3v) is 5.28. The van der Waals surface area contributed by atoms with Crippen molar-refractivity contribution >= 4 is 28.8 Å². The number of anilines is 2. The maximum Gasteiger partial charge on any atom is 0.283 e. The second-order valence-electron chi connectivity index (χ2n) is 7.66. The van der Waals surface area contributed by atoms with Gasteiger partial charge in [-0.1, -0.05) is 24.8 Å². The first-order chi connectivity index (χ1) is 17.7. The number of aromatic nitrogens is 4. The van der Waals surface area contributed by atoms with Crippen molar-refractivity contribution in [2.75, 3.05) is 24.7 Å². The van der Waals surface area contributed by atoms with E-state index in [2.05, 4.69) is 32.4 Å². The fraction of sp³-hybridized carbons (Fsp3) is 0.125. The number of nitrogens with zero attached hydrogens (tertiary/aromatic N) is 4. The molecule has 2 aromatic heterocycles. The lowest BCUT2D eigenvalue weighted by Crippen LogP contribution is -2.28. The van der Waals surface area contributed by atoms with E-state index in [1.165, 1.54) is 24.1 Å². The summed E-state index contributed by atoms with van der Waals surface area (Å²) in [6.45, 7) is 2.16. The van der Waals surface area contributed by atoms with Gasteiger partial charge in [-0.25, -0.2) is 18.2 Å². The fourth-order valence-electron chi connectivity index (χ4n) is 3.60. The minimum absolute atomic E-state index is 0.0590. The number of ether oxygens (including phenoxy) is 1. The summed E-state index contributed by atoms with van der Waals surface area (Å²) in [7, 11) is 1.34. The Morgan fingerprint density at radius 2 is 1.86 bits per heavy atom. The van der Waals surface area contributed by atoms with E-state index in [0.29, 0.717) is 33.6 Å². The van der Waals surface area contributed by atoms with Crippen molar-refractivity contribution in [2.24, 2.45) is 0 Å². The van der Waals surface area contributed by atoms with Gasteiger partial charge >= 0.3 is 0 Å². The quantitative estimate of drug-likeness (QED) is 0.308. The highest BCUT2D eigenvalue weighted by Gasteiger charge is 2.22. The lowest BCUT2D eigenvalue weighted by atomic mass is 9.98. The van der Waals surface area contributed by atoms with Gasteiger partial charge in [0.2, 0.25) is 0 Å². The number of nitrogen functional groups attached to an aromatic ring is 1. The average molecular weight is 511 g/mol. The third-order valence-electron chi connectivity index (χ3n) is 5.28. The third kappa shape index (κ3) is 5.19. The molecule has 2 aromatic carbocycles. The molecule has 0 aliphatic heterocycles. The van der Waals surface area contributed by atoms with E-state index in [1.54, 1.807) is 36.4 Å². The van der Waals surface area contributed by atoms with E-state index in [0.717, 1.165) is 0 Å². The summed E-state index contributed by atoms with van der Waals surface area (Å²) >= 11 is 0. The van der Waals surface area contributed by atoms with Crippen LogP contribution in [0.25, 0.3) is 27.9 Å². The number of alkyl halides is 2. The zero-order valence-corrected chi connectivity index (χ0v) is 19.3. The fourth-order valence-corrected chi connectivity index (χ4v) is 3.60. The first-order valence-electron chi connectivity index (χ1n) is 10.7. The highest BCUT2D eigenvalue weighted by molar-refractivity contribution is 6.02. The molecule has 0 atom stereocenters. The van der Waals surface area contributed by atoms with Gasteiger partial charge in [0, 0.05) is 16.8 Å². The maximum absolute atomic E-state index is 13.0. The van der Waals surface area contributed by atoms with Crippen molar-refractivity contribution in [3.05, 3.63) is 66.8 Å². The van der Waals surface area contributed by atoms with Gasteiger partial charge in [-0.05, 0) is 29.8 Å². The number of nitrogens with two attached hydrogens (primary N) is 1. The number of nitrogens with one attached hydrogen (secondary N) is 2. The zero-order valence-electron chi connectivity index (χ0n) is 19.3. The lowest BCUT2D eigenvalue weighted by molar-refractivity contribution is -0.114. The van der Waals surface area contributed by atoms with Gasteiger partial charge in [0.25, 0.3) is 18.2 Å². The topological polar surface area (TPSA) is 137 Å². The van der Waals surface area contributed by atoms with Crippen LogP contribution in [-0.4, -0.2) is 51.7 Å². The Hall–Kier alpha value is -4.94. The van der Waals surface area contributed by atoms with Crippen LogP contribution >= 0.6 is 0 Å². The Labute approximate surface area is 207 Å². The number of carbonyl (C=O) groups excluding carboxylic acids is 2. The molecule has 0 bridgehead atoms. The van der Waals surface area contributed by atoms with E-state index in [9.17, 15) is 22.8 Å². The van der Waals surface area contributed by atoms with E-state index in [1.807, 2.05) is 0 Å². The van der Waals surface area contributed by atoms with E-state index < -0.39 is 30.6 Å². The van der Waals surface area contributed by atoms with Crippen molar-refractivity contribution in [1.29, 1.82) is 0 Å².